The first kappa shape index (κ1) is 20.7. The summed E-state index contributed by atoms with van der Waals surface area (Å²) >= 11 is 0. The number of nitrogens with zero attached hydrogens (tertiary/aromatic N) is 1. The zero-order valence-electron chi connectivity index (χ0n) is 18.2. The zero-order chi connectivity index (χ0) is 22.0. The molecule has 6 heteroatoms. The summed E-state index contributed by atoms with van der Waals surface area (Å²) in [6.07, 6.45) is 3.93. The number of hydrogen-bond donors (Lipinski definition) is 1. The Hall–Kier alpha value is -3.54. The fourth-order valence-corrected chi connectivity index (χ4v) is 4.07. The first-order chi connectivity index (χ1) is 15.1. The Kier molecular flexibility index (Phi) is 5.80. The van der Waals surface area contributed by atoms with E-state index in [0.717, 1.165) is 51.5 Å². The van der Waals surface area contributed by atoms with Crippen molar-refractivity contribution in [3.05, 3.63) is 69.8 Å². The number of nitrogens with one attached hydrogen (secondary N) is 1. The number of hydrogen-bond acceptors (Lipinski definition) is 5. The molecule has 160 valence electrons. The first-order valence-corrected chi connectivity index (χ1v) is 10.3. The number of aromatic amines is 1. The molecule has 0 aliphatic rings. The predicted octanol–water partition coefficient (Wildman–Crippen LogP) is 4.65. The zero-order valence-corrected chi connectivity index (χ0v) is 18.2. The van der Waals surface area contributed by atoms with Crippen molar-refractivity contribution in [2.45, 2.75) is 26.2 Å². The average Bonchev–Trinajstić information content (AvgIpc) is 2.80. The van der Waals surface area contributed by atoms with Crippen LogP contribution in [0.3, 0.4) is 0 Å². The minimum Gasteiger partial charge on any atom is -0.497 e. The van der Waals surface area contributed by atoms with E-state index < -0.39 is 0 Å². The van der Waals surface area contributed by atoms with Gasteiger partial charge in [0.1, 0.15) is 5.75 Å². The number of rotatable bonds is 7. The Morgan fingerprint density at radius 3 is 2.55 bits per heavy atom. The molecule has 1 N–H and O–H groups in total. The molecule has 4 aromatic rings. The highest BCUT2D eigenvalue weighted by Crippen LogP contribution is 2.38. The highest BCUT2D eigenvalue weighted by Gasteiger charge is 2.19. The van der Waals surface area contributed by atoms with Crippen LogP contribution in [0.25, 0.3) is 21.7 Å². The molecule has 0 unspecified atom stereocenters. The summed E-state index contributed by atoms with van der Waals surface area (Å²) in [5, 5.41) is 2.73. The van der Waals surface area contributed by atoms with E-state index >= 15 is 0 Å². The van der Waals surface area contributed by atoms with Gasteiger partial charge in [0.2, 0.25) is 0 Å². The fourth-order valence-electron chi connectivity index (χ4n) is 4.07. The number of aryl methyl sites for hydroxylation is 1. The summed E-state index contributed by atoms with van der Waals surface area (Å²) in [6.45, 7) is 2.09. The number of ether oxygens (including phenoxy) is 3. The molecule has 0 saturated carbocycles. The van der Waals surface area contributed by atoms with E-state index in [1.165, 1.54) is 0 Å². The van der Waals surface area contributed by atoms with E-state index in [1.54, 1.807) is 21.3 Å². The molecular formula is C25H26N2O4. The molecule has 2 aromatic heterocycles. The van der Waals surface area contributed by atoms with Crippen molar-refractivity contribution in [2.75, 3.05) is 21.3 Å². The van der Waals surface area contributed by atoms with Crippen molar-refractivity contribution in [1.29, 1.82) is 0 Å². The number of methoxy groups -OCH3 is 3. The van der Waals surface area contributed by atoms with Gasteiger partial charge >= 0.3 is 0 Å². The molecule has 0 fully saturated rings. The Labute approximate surface area is 180 Å². The molecule has 0 atom stereocenters. The highest BCUT2D eigenvalue weighted by atomic mass is 16.5. The third kappa shape index (κ3) is 3.81. The van der Waals surface area contributed by atoms with E-state index in [1.807, 2.05) is 42.6 Å². The lowest BCUT2D eigenvalue weighted by atomic mass is 9.96. The standard InChI is InChI=1S/C25H26N2O4/c1-5-6-21-18-8-10-22(30-3)24(31-4)23(18)19(25(28)27-21)12-15-11-16-13-17(29-2)7-9-20(16)26-14-15/h7-11,13-14H,5-6,12H2,1-4H3,(H,27,28). The van der Waals surface area contributed by atoms with Crippen LogP contribution in [0, 0.1) is 0 Å². The van der Waals surface area contributed by atoms with Crippen LogP contribution < -0.4 is 19.8 Å². The van der Waals surface area contributed by atoms with E-state index in [-0.39, 0.29) is 5.56 Å². The lowest BCUT2D eigenvalue weighted by Gasteiger charge is -2.16. The van der Waals surface area contributed by atoms with E-state index in [9.17, 15) is 4.79 Å². The van der Waals surface area contributed by atoms with E-state index in [0.29, 0.717) is 23.5 Å². The maximum absolute atomic E-state index is 13.2. The molecule has 0 bridgehead atoms. The maximum atomic E-state index is 13.2. The smallest absolute Gasteiger partial charge is 0.252 e. The molecule has 6 nitrogen and oxygen atoms in total. The van der Waals surface area contributed by atoms with Gasteiger partial charge in [0.05, 0.1) is 26.8 Å². The summed E-state index contributed by atoms with van der Waals surface area (Å²) in [5.74, 6) is 1.95. The van der Waals surface area contributed by atoms with Crippen molar-refractivity contribution < 1.29 is 14.2 Å². The molecule has 4 rings (SSSR count). The van der Waals surface area contributed by atoms with Gasteiger partial charge in [0.25, 0.3) is 5.56 Å². The third-order valence-corrected chi connectivity index (χ3v) is 5.54. The average molecular weight is 418 g/mol. The Balaban J connectivity index is 1.92. The second-order valence-electron chi connectivity index (χ2n) is 7.46. The lowest BCUT2D eigenvalue weighted by Crippen LogP contribution is -2.17. The van der Waals surface area contributed by atoms with Crippen LogP contribution in [0.1, 0.15) is 30.2 Å². The summed E-state index contributed by atoms with van der Waals surface area (Å²) in [6, 6.07) is 11.7. The van der Waals surface area contributed by atoms with Crippen LogP contribution in [0.5, 0.6) is 17.2 Å². The monoisotopic (exact) mass is 418 g/mol. The topological polar surface area (TPSA) is 73.4 Å². The van der Waals surface area contributed by atoms with Crippen molar-refractivity contribution in [3.63, 3.8) is 0 Å². The van der Waals surface area contributed by atoms with Gasteiger partial charge in [0.15, 0.2) is 11.5 Å². The normalized spacial score (nSPS) is 11.1. The Morgan fingerprint density at radius 2 is 1.84 bits per heavy atom. The Bertz CT molecular complexity index is 1310. The maximum Gasteiger partial charge on any atom is 0.252 e. The van der Waals surface area contributed by atoms with E-state index in [2.05, 4.69) is 16.9 Å². The number of pyridine rings is 2. The highest BCUT2D eigenvalue weighted by molar-refractivity contribution is 5.95. The quantitative estimate of drug-likeness (QED) is 0.473. The molecule has 0 amide bonds. The number of benzene rings is 2. The van der Waals surface area contributed by atoms with Crippen molar-refractivity contribution in [2.24, 2.45) is 0 Å². The molecule has 0 spiro atoms. The SMILES string of the molecule is CCCc1[nH]c(=O)c(Cc2cnc3ccc(OC)cc3c2)c2c(OC)c(OC)ccc12. The van der Waals surface area contributed by atoms with Crippen LogP contribution in [-0.2, 0) is 12.8 Å². The largest absolute Gasteiger partial charge is 0.497 e. The third-order valence-electron chi connectivity index (χ3n) is 5.54. The van der Waals surface area contributed by atoms with Gasteiger partial charge in [-0.3, -0.25) is 9.78 Å². The summed E-state index contributed by atoms with van der Waals surface area (Å²) < 4.78 is 16.6. The molecule has 31 heavy (non-hydrogen) atoms. The van der Waals surface area contributed by atoms with Gasteiger partial charge in [0, 0.05) is 40.0 Å². The van der Waals surface area contributed by atoms with Gasteiger partial charge in [-0.2, -0.15) is 0 Å². The molecule has 0 radical (unpaired) electrons. The predicted molar refractivity (Wildman–Crippen MR) is 123 cm³/mol. The fraction of sp³-hybridized carbons (Fsp3) is 0.280. The molecule has 0 aliphatic heterocycles. The first-order valence-electron chi connectivity index (χ1n) is 10.3. The minimum atomic E-state index is -0.117. The van der Waals surface area contributed by atoms with E-state index in [4.69, 9.17) is 14.2 Å². The van der Waals surface area contributed by atoms with Gasteiger partial charge in [-0.1, -0.05) is 13.3 Å². The lowest BCUT2D eigenvalue weighted by molar-refractivity contribution is 0.358. The molecule has 0 saturated heterocycles. The molecule has 0 aliphatic carbocycles. The summed E-state index contributed by atoms with van der Waals surface area (Å²) in [7, 11) is 4.84. The van der Waals surface area contributed by atoms with Crippen LogP contribution in [-0.4, -0.2) is 31.3 Å². The van der Waals surface area contributed by atoms with Crippen molar-refractivity contribution in [1.82, 2.24) is 9.97 Å². The van der Waals surface area contributed by atoms with Gasteiger partial charge in [-0.25, -0.2) is 0 Å². The van der Waals surface area contributed by atoms with Crippen LogP contribution in [0.15, 0.2) is 47.4 Å². The van der Waals surface area contributed by atoms with Crippen LogP contribution in [0.4, 0.5) is 0 Å². The second-order valence-corrected chi connectivity index (χ2v) is 7.46. The molecular weight excluding hydrogens is 392 g/mol. The number of aromatic nitrogens is 2. The number of fused-ring (bicyclic) bond motifs is 2. The van der Waals surface area contributed by atoms with Gasteiger partial charge < -0.3 is 19.2 Å². The van der Waals surface area contributed by atoms with Crippen molar-refractivity contribution in [3.8, 4) is 17.2 Å². The number of H-pyrrole nitrogens is 1. The minimum absolute atomic E-state index is 0.117. The summed E-state index contributed by atoms with van der Waals surface area (Å²) in [5.41, 5.74) is 3.23. The van der Waals surface area contributed by atoms with Gasteiger partial charge in [-0.05, 0) is 48.4 Å². The van der Waals surface area contributed by atoms with Crippen LogP contribution in [0.2, 0.25) is 0 Å². The van der Waals surface area contributed by atoms with Crippen molar-refractivity contribution >= 4 is 21.7 Å². The summed E-state index contributed by atoms with van der Waals surface area (Å²) in [4.78, 5) is 20.8. The Morgan fingerprint density at radius 1 is 1.00 bits per heavy atom. The second kappa shape index (κ2) is 8.68. The molecule has 2 aromatic carbocycles. The van der Waals surface area contributed by atoms with Crippen LogP contribution >= 0.6 is 0 Å². The molecule has 2 heterocycles. The van der Waals surface area contributed by atoms with Gasteiger partial charge in [-0.15, -0.1) is 0 Å².